The van der Waals surface area contributed by atoms with E-state index in [9.17, 15) is 9.18 Å². The standard InChI is InChI=1S/C39H45FN10O/c1-23-4-10-43-33-20-45-31(26-17-32(34-22-50(34)21-26)46-35(51)14-24-5-8-41-9-6-24)19-29(33)36(23)39-47-30-7-11-44-37(38(30)48-39)25-15-27(40)18-28(16-25)42-12-13-49(2)3/h7,11,15-21,24,34,41-43H,4-6,8-10,12-14,22H2,1-3H3,(H,46,51)(H,47,48). The van der Waals surface area contributed by atoms with E-state index >= 15 is 0 Å². The van der Waals surface area contributed by atoms with E-state index in [0.717, 1.165) is 97.1 Å². The molecular weight excluding hydrogens is 643 g/mol. The predicted molar refractivity (Wildman–Crippen MR) is 200 cm³/mol. The summed E-state index contributed by atoms with van der Waals surface area (Å²) in [6.45, 7) is 7.28. The molecule has 0 aliphatic carbocycles. The number of rotatable bonds is 10. The molecule has 3 aromatic heterocycles. The molecule has 8 rings (SSSR count). The average molecular weight is 689 g/mol. The molecule has 5 N–H and O–H groups in total. The largest absolute Gasteiger partial charge is 0.384 e. The highest BCUT2D eigenvalue weighted by atomic mass is 19.1. The van der Waals surface area contributed by atoms with E-state index < -0.39 is 0 Å². The number of aromatic nitrogens is 4. The van der Waals surface area contributed by atoms with Crippen LogP contribution in [0.3, 0.4) is 0 Å². The van der Waals surface area contributed by atoms with Crippen molar-refractivity contribution in [2.75, 3.05) is 64.0 Å². The van der Waals surface area contributed by atoms with E-state index in [0.29, 0.717) is 41.3 Å². The van der Waals surface area contributed by atoms with Crippen molar-refractivity contribution < 1.29 is 9.18 Å². The lowest BCUT2D eigenvalue weighted by molar-refractivity contribution is -0.121. The molecule has 1 atom stereocenters. The molecule has 4 aromatic rings. The third-order valence-electron chi connectivity index (χ3n) is 10.3. The maximum Gasteiger partial charge on any atom is 0.224 e. The Kier molecular flexibility index (Phi) is 9.03. The second kappa shape index (κ2) is 13.9. The number of hydrogen-bond acceptors (Lipinski definition) is 9. The van der Waals surface area contributed by atoms with Crippen LogP contribution in [0, 0.1) is 11.7 Å². The second-order valence-corrected chi connectivity index (χ2v) is 14.4. The Morgan fingerprint density at radius 1 is 1.12 bits per heavy atom. The fourth-order valence-corrected chi connectivity index (χ4v) is 7.42. The zero-order chi connectivity index (χ0) is 35.1. The number of nitrogens with zero attached hydrogens (tertiary/aromatic N) is 5. The van der Waals surface area contributed by atoms with Gasteiger partial charge in [-0.3, -0.25) is 14.8 Å². The first kappa shape index (κ1) is 33.1. The normalized spacial score (nSPS) is 18.8. The number of amides is 1. The minimum Gasteiger partial charge on any atom is -0.384 e. The Hall–Kier alpha value is -5.07. The Bertz CT molecular complexity index is 2080. The van der Waals surface area contributed by atoms with Gasteiger partial charge in [-0.05, 0) is 95.7 Å². The van der Waals surface area contributed by atoms with Gasteiger partial charge in [0.15, 0.2) is 0 Å². The van der Waals surface area contributed by atoms with E-state index in [1.807, 2.05) is 32.4 Å². The lowest BCUT2D eigenvalue weighted by Gasteiger charge is -2.23. The predicted octanol–water partition coefficient (Wildman–Crippen LogP) is 5.20. The van der Waals surface area contributed by atoms with Gasteiger partial charge in [0, 0.05) is 78.7 Å². The second-order valence-electron chi connectivity index (χ2n) is 14.4. The summed E-state index contributed by atoms with van der Waals surface area (Å²) in [5.74, 6) is 0.917. The summed E-state index contributed by atoms with van der Waals surface area (Å²) in [5.41, 5.74) is 10.3. The van der Waals surface area contributed by atoms with E-state index in [4.69, 9.17) is 9.97 Å². The topological polar surface area (TPSA) is 126 Å². The number of halogens is 1. The van der Waals surface area contributed by atoms with Crippen LogP contribution in [0.4, 0.5) is 15.8 Å². The molecule has 264 valence electrons. The van der Waals surface area contributed by atoms with Gasteiger partial charge in [0.25, 0.3) is 0 Å². The number of allylic oxidation sites excluding steroid dienone is 2. The van der Waals surface area contributed by atoms with Crippen molar-refractivity contribution in [1.82, 2.24) is 40.4 Å². The van der Waals surface area contributed by atoms with Crippen molar-refractivity contribution in [3.8, 4) is 11.3 Å². The van der Waals surface area contributed by atoms with E-state index in [1.165, 1.54) is 17.7 Å². The molecular formula is C39H45FN10O. The molecule has 1 unspecified atom stereocenters. The molecule has 4 aliphatic heterocycles. The van der Waals surface area contributed by atoms with Gasteiger partial charge in [0.1, 0.15) is 17.2 Å². The Labute approximate surface area is 297 Å². The molecule has 7 heterocycles. The summed E-state index contributed by atoms with van der Waals surface area (Å²) >= 11 is 0. The van der Waals surface area contributed by atoms with Gasteiger partial charge in [-0.2, -0.15) is 0 Å². The number of pyridine rings is 2. The lowest BCUT2D eigenvalue weighted by atomic mass is 9.94. The summed E-state index contributed by atoms with van der Waals surface area (Å²) in [5, 5.41) is 13.5. The summed E-state index contributed by atoms with van der Waals surface area (Å²) in [6, 6.07) is 9.20. The third-order valence-corrected chi connectivity index (χ3v) is 10.3. The van der Waals surface area contributed by atoms with E-state index in [1.54, 1.807) is 6.20 Å². The highest BCUT2D eigenvalue weighted by Gasteiger charge is 2.39. The smallest absolute Gasteiger partial charge is 0.224 e. The van der Waals surface area contributed by atoms with Crippen molar-refractivity contribution in [2.45, 2.75) is 38.6 Å². The molecule has 0 spiro atoms. The number of carbonyl (C=O) groups is 1. The van der Waals surface area contributed by atoms with Crippen LogP contribution in [-0.4, -0.2) is 95.0 Å². The number of carbonyl (C=O) groups excluding carboxylic acids is 1. The summed E-state index contributed by atoms with van der Waals surface area (Å²) in [6.07, 6.45) is 11.3. The number of fused-ring (bicyclic) bond motifs is 3. The third kappa shape index (κ3) is 7.11. The van der Waals surface area contributed by atoms with E-state index in [-0.39, 0.29) is 17.8 Å². The minimum atomic E-state index is -0.332. The monoisotopic (exact) mass is 688 g/mol. The van der Waals surface area contributed by atoms with Crippen molar-refractivity contribution in [3.05, 3.63) is 89.2 Å². The molecule has 12 heteroatoms. The number of likely N-dealkylation sites (N-methyl/N-ethyl adjacent to an activating group) is 1. The summed E-state index contributed by atoms with van der Waals surface area (Å²) in [4.78, 5) is 35.7. The first-order valence-electron chi connectivity index (χ1n) is 18.0. The average Bonchev–Trinajstić information content (AvgIpc) is 3.81. The molecule has 51 heavy (non-hydrogen) atoms. The Morgan fingerprint density at radius 2 is 1.98 bits per heavy atom. The van der Waals surface area contributed by atoms with Crippen molar-refractivity contribution in [3.63, 3.8) is 0 Å². The molecule has 0 radical (unpaired) electrons. The van der Waals surface area contributed by atoms with Gasteiger partial charge in [0.2, 0.25) is 5.91 Å². The molecule has 4 aliphatic rings. The van der Waals surface area contributed by atoms with E-state index in [2.05, 4.69) is 66.3 Å². The molecule has 1 aromatic carbocycles. The summed E-state index contributed by atoms with van der Waals surface area (Å²) < 4.78 is 14.9. The molecule has 11 nitrogen and oxygen atoms in total. The highest BCUT2D eigenvalue weighted by Crippen LogP contribution is 2.39. The highest BCUT2D eigenvalue weighted by molar-refractivity contribution is 5.95. The van der Waals surface area contributed by atoms with Crippen LogP contribution in [0.2, 0.25) is 0 Å². The van der Waals surface area contributed by atoms with Crippen LogP contribution < -0.4 is 21.3 Å². The van der Waals surface area contributed by atoms with Crippen LogP contribution in [0.1, 0.15) is 49.7 Å². The number of nitrogens with one attached hydrogen (secondary N) is 5. The summed E-state index contributed by atoms with van der Waals surface area (Å²) in [7, 11) is 4.02. The first-order valence-corrected chi connectivity index (χ1v) is 18.0. The molecule has 2 fully saturated rings. The van der Waals surface area contributed by atoms with Crippen LogP contribution in [0.25, 0.3) is 33.4 Å². The van der Waals surface area contributed by atoms with Gasteiger partial charge in [-0.15, -0.1) is 0 Å². The Balaban J connectivity index is 1.10. The van der Waals surface area contributed by atoms with Crippen LogP contribution in [-0.2, 0) is 4.79 Å². The number of benzene rings is 1. The van der Waals surface area contributed by atoms with Crippen LogP contribution >= 0.6 is 0 Å². The van der Waals surface area contributed by atoms with Gasteiger partial charge in [-0.1, -0.05) is 5.57 Å². The zero-order valence-corrected chi connectivity index (χ0v) is 29.4. The maximum atomic E-state index is 14.9. The maximum absolute atomic E-state index is 14.9. The van der Waals surface area contributed by atoms with Crippen molar-refractivity contribution >= 4 is 39.5 Å². The van der Waals surface area contributed by atoms with Crippen molar-refractivity contribution in [1.29, 1.82) is 0 Å². The SMILES string of the molecule is CC1=C(c2nc3c(-c4cc(F)cc(NCCN(C)C)c4)nccc3[nH]2)c2cc(C3=CN4CC4C(NC(=O)CC4CCNCC4)=C3)ncc2NCC1. The molecule has 0 bridgehead atoms. The van der Waals surface area contributed by atoms with Gasteiger partial charge in [-0.25, -0.2) is 9.37 Å². The fraction of sp³-hybridized carbons (Fsp3) is 0.385. The van der Waals surface area contributed by atoms with Gasteiger partial charge < -0.3 is 36.1 Å². The Morgan fingerprint density at radius 3 is 2.82 bits per heavy atom. The number of H-pyrrole nitrogens is 1. The fourth-order valence-electron chi connectivity index (χ4n) is 7.42. The number of imidazole rings is 1. The molecule has 2 saturated heterocycles. The van der Waals surface area contributed by atoms with Crippen LogP contribution in [0.5, 0.6) is 0 Å². The molecule has 0 saturated carbocycles. The van der Waals surface area contributed by atoms with Crippen molar-refractivity contribution in [2.24, 2.45) is 5.92 Å². The zero-order valence-electron chi connectivity index (χ0n) is 29.4. The quantitative estimate of drug-likeness (QED) is 0.143. The number of piperidine rings is 1. The lowest BCUT2D eigenvalue weighted by Crippen LogP contribution is -2.33. The number of aromatic amines is 1. The number of anilines is 2. The molecule has 1 amide bonds. The van der Waals surface area contributed by atoms with Gasteiger partial charge >= 0.3 is 0 Å². The first-order chi connectivity index (χ1) is 24.8. The number of hydrogen-bond donors (Lipinski definition) is 5. The minimum absolute atomic E-state index is 0.0926. The van der Waals surface area contributed by atoms with Gasteiger partial charge in [0.05, 0.1) is 34.8 Å². The van der Waals surface area contributed by atoms with Crippen LogP contribution in [0.15, 0.2) is 66.3 Å².